The number of methoxy groups -OCH3 is 1. The number of fused-ring (bicyclic) bond motifs is 4. The molecule has 3 N–H and O–H groups in total. The van der Waals surface area contributed by atoms with Crippen molar-refractivity contribution in [1.29, 1.82) is 0 Å². The summed E-state index contributed by atoms with van der Waals surface area (Å²) < 4.78 is 45.9. The number of allylic oxidation sites excluding steroid dienone is 1. The van der Waals surface area contributed by atoms with Crippen LogP contribution in [0.25, 0.3) is 21.6 Å². The fourth-order valence-electron chi connectivity index (χ4n) is 8.29. The summed E-state index contributed by atoms with van der Waals surface area (Å²) in [5, 5.41) is 6.53. The lowest BCUT2D eigenvalue weighted by molar-refractivity contribution is -0.141. The summed E-state index contributed by atoms with van der Waals surface area (Å²) in [6.45, 7) is 5.20. The Morgan fingerprint density at radius 1 is 1.03 bits per heavy atom. The number of sulfonamides is 1. The number of aryl methyl sites for hydroxylation is 2. The summed E-state index contributed by atoms with van der Waals surface area (Å²) >= 11 is 1.61. The van der Waals surface area contributed by atoms with E-state index in [2.05, 4.69) is 15.4 Å². The van der Waals surface area contributed by atoms with Crippen LogP contribution in [0, 0.1) is 5.92 Å². The van der Waals surface area contributed by atoms with Gasteiger partial charge in [0, 0.05) is 34.7 Å². The molecule has 2 saturated carbocycles. The summed E-state index contributed by atoms with van der Waals surface area (Å²) in [6.07, 6.45) is 9.73. The number of amides is 4. The molecule has 3 aromatic rings. The molecule has 1 aromatic carbocycles. The second kappa shape index (κ2) is 16.0. The van der Waals surface area contributed by atoms with E-state index in [1.165, 1.54) is 9.78 Å². The van der Waals surface area contributed by atoms with Gasteiger partial charge in [-0.2, -0.15) is 0 Å². The van der Waals surface area contributed by atoms with Crippen LogP contribution in [0.2, 0.25) is 0 Å². The van der Waals surface area contributed by atoms with E-state index in [0.29, 0.717) is 60.2 Å². The van der Waals surface area contributed by atoms with Gasteiger partial charge in [-0.25, -0.2) is 23.2 Å². The standard InChI is InChI=1S/C42H52N6O9S2/c1-41(2,3)57-40(52)45-30-12-9-7-5-6-8-11-24-22-42(24,39(51)47-59(53,54)27-16-17-27)46-36(49)33-20-26(23-48(33)38(30)50)56-34-21-32(37-44-29-13-10-14-35(29)58-37)43-31-19-25(55-4)15-18-28(31)34/h8,11,15,18-19,21,24,26-27,30,33H,5-7,9-10,12-14,16-17,20,22-23H2,1-4H3,(H,45,52)(H,46,49)(H,47,51)/t24-,26-,30+,33+,42-/m1/s1. The molecule has 17 heteroatoms. The van der Waals surface area contributed by atoms with Gasteiger partial charge in [0.1, 0.15) is 51.5 Å². The highest BCUT2D eigenvalue weighted by molar-refractivity contribution is 7.91. The molecule has 4 amide bonds. The first-order valence-electron chi connectivity index (χ1n) is 20.6. The third-order valence-electron chi connectivity index (χ3n) is 11.6. The van der Waals surface area contributed by atoms with E-state index in [1.54, 1.807) is 39.2 Å². The van der Waals surface area contributed by atoms with Gasteiger partial charge in [-0.05, 0) is 90.7 Å². The molecule has 0 unspecified atom stereocenters. The van der Waals surface area contributed by atoms with Crippen LogP contribution >= 0.6 is 11.3 Å². The molecule has 5 aliphatic rings. The van der Waals surface area contributed by atoms with Crippen molar-refractivity contribution in [1.82, 2.24) is 30.2 Å². The first kappa shape index (κ1) is 41.0. The molecular weight excluding hydrogens is 797 g/mol. The van der Waals surface area contributed by atoms with Crippen LogP contribution in [0.15, 0.2) is 36.4 Å². The fraction of sp³-hybridized carbons (Fsp3) is 0.571. The van der Waals surface area contributed by atoms with Gasteiger partial charge in [0.15, 0.2) is 0 Å². The second-order valence-electron chi connectivity index (χ2n) is 17.3. The minimum Gasteiger partial charge on any atom is -0.497 e. The molecule has 2 aromatic heterocycles. The van der Waals surface area contributed by atoms with Gasteiger partial charge in [0.25, 0.3) is 5.91 Å². The third kappa shape index (κ3) is 8.91. The van der Waals surface area contributed by atoms with Gasteiger partial charge in [-0.3, -0.25) is 19.1 Å². The van der Waals surface area contributed by atoms with Gasteiger partial charge in [0.05, 0.1) is 30.1 Å². The highest BCUT2D eigenvalue weighted by Gasteiger charge is 2.62. The van der Waals surface area contributed by atoms with Crippen LogP contribution < -0.4 is 24.8 Å². The zero-order valence-corrected chi connectivity index (χ0v) is 35.5. The summed E-state index contributed by atoms with van der Waals surface area (Å²) in [5.41, 5.74) is 0.0132. The normalized spacial score (nSPS) is 26.1. The molecular formula is C42H52N6O9S2. The Bertz CT molecular complexity index is 2280. The number of nitrogens with one attached hydrogen (secondary N) is 3. The maximum atomic E-state index is 14.7. The maximum Gasteiger partial charge on any atom is 0.408 e. The van der Waals surface area contributed by atoms with Crippen molar-refractivity contribution < 1.29 is 41.8 Å². The SMILES string of the molecule is COc1ccc2c(O[C@@H]3C[C@H]4C(=O)N[C@]5(C(=O)NS(=O)(=O)C6CC6)C[C@H]5C=CCCCCC[C@H](NC(=O)OC(C)(C)C)C(=O)N4C3)cc(-c3nc4c(s3)CCC4)nc2c1. The fourth-order valence-corrected chi connectivity index (χ4v) is 10.8. The number of alkyl carbamates (subject to hydrolysis) is 1. The van der Waals surface area contributed by atoms with Crippen molar-refractivity contribution in [3.63, 3.8) is 0 Å². The van der Waals surface area contributed by atoms with Gasteiger partial charge in [-0.1, -0.05) is 25.0 Å². The van der Waals surface area contributed by atoms with Crippen molar-refractivity contribution in [2.24, 2.45) is 5.92 Å². The number of aromatic nitrogens is 2. The van der Waals surface area contributed by atoms with Crippen molar-refractivity contribution in [2.75, 3.05) is 13.7 Å². The van der Waals surface area contributed by atoms with Crippen LogP contribution in [-0.4, -0.2) is 95.3 Å². The van der Waals surface area contributed by atoms with Crippen LogP contribution in [0.3, 0.4) is 0 Å². The molecule has 0 bridgehead atoms. The van der Waals surface area contributed by atoms with Crippen molar-refractivity contribution in [3.8, 4) is 22.2 Å². The number of ether oxygens (including phenoxy) is 3. The molecule has 316 valence electrons. The molecule has 3 aliphatic carbocycles. The predicted octanol–water partition coefficient (Wildman–Crippen LogP) is 5.10. The molecule has 8 rings (SSSR count). The highest BCUT2D eigenvalue weighted by Crippen LogP contribution is 2.46. The number of benzene rings is 1. The monoisotopic (exact) mass is 848 g/mol. The van der Waals surface area contributed by atoms with E-state index in [-0.39, 0.29) is 19.4 Å². The number of hydrogen-bond donors (Lipinski definition) is 3. The Morgan fingerprint density at radius 2 is 1.85 bits per heavy atom. The van der Waals surface area contributed by atoms with Crippen molar-refractivity contribution in [2.45, 2.75) is 132 Å². The molecule has 2 aliphatic heterocycles. The first-order chi connectivity index (χ1) is 28.1. The Balaban J connectivity index is 1.13. The molecule has 0 radical (unpaired) electrons. The number of carbonyl (C=O) groups excluding carboxylic acids is 4. The number of nitrogens with zero attached hydrogens (tertiary/aromatic N) is 3. The highest BCUT2D eigenvalue weighted by atomic mass is 32.2. The zero-order chi connectivity index (χ0) is 41.7. The Kier molecular flexibility index (Phi) is 11.1. The maximum absolute atomic E-state index is 14.7. The van der Waals surface area contributed by atoms with E-state index < -0.39 is 74.3 Å². The Morgan fingerprint density at radius 3 is 2.59 bits per heavy atom. The number of thiazole rings is 1. The Labute approximate surface area is 348 Å². The molecule has 1 saturated heterocycles. The summed E-state index contributed by atoms with van der Waals surface area (Å²) in [5.74, 6) is -1.23. The largest absolute Gasteiger partial charge is 0.497 e. The van der Waals surface area contributed by atoms with E-state index in [1.807, 2.05) is 36.4 Å². The van der Waals surface area contributed by atoms with Gasteiger partial charge in [0.2, 0.25) is 21.8 Å². The lowest BCUT2D eigenvalue weighted by Gasteiger charge is -2.30. The van der Waals surface area contributed by atoms with Crippen molar-refractivity contribution >= 4 is 56.1 Å². The van der Waals surface area contributed by atoms with E-state index in [4.69, 9.17) is 24.2 Å². The molecule has 15 nitrogen and oxygen atoms in total. The summed E-state index contributed by atoms with van der Waals surface area (Å²) in [6, 6.07) is 5.20. The lowest BCUT2D eigenvalue weighted by Crippen LogP contribution is -2.58. The molecule has 59 heavy (non-hydrogen) atoms. The summed E-state index contributed by atoms with van der Waals surface area (Å²) in [7, 11) is -2.32. The molecule has 4 heterocycles. The predicted molar refractivity (Wildman–Crippen MR) is 220 cm³/mol. The quantitative estimate of drug-likeness (QED) is 0.255. The average Bonchev–Trinajstić information content (AvgIpc) is 4.00. The van der Waals surface area contributed by atoms with Gasteiger partial charge in [-0.15, -0.1) is 11.3 Å². The van der Waals surface area contributed by atoms with Crippen LogP contribution in [0.5, 0.6) is 11.5 Å². The first-order valence-corrected chi connectivity index (χ1v) is 23.0. The smallest absolute Gasteiger partial charge is 0.408 e. The topological polar surface area (TPSA) is 195 Å². The van der Waals surface area contributed by atoms with Crippen LogP contribution in [0.1, 0.15) is 95.6 Å². The molecule has 5 atom stereocenters. The lowest BCUT2D eigenvalue weighted by atomic mass is 10.0. The number of hydrogen-bond acceptors (Lipinski definition) is 12. The average molecular weight is 849 g/mol. The Hall–Kier alpha value is -4.77. The summed E-state index contributed by atoms with van der Waals surface area (Å²) in [4.78, 5) is 68.8. The van der Waals surface area contributed by atoms with Crippen molar-refractivity contribution in [3.05, 3.63) is 47.0 Å². The molecule has 3 fully saturated rings. The van der Waals surface area contributed by atoms with E-state index in [0.717, 1.165) is 42.8 Å². The minimum atomic E-state index is -3.91. The number of pyridine rings is 1. The minimum absolute atomic E-state index is 0.0111. The van der Waals surface area contributed by atoms with Crippen LogP contribution in [0.4, 0.5) is 4.79 Å². The third-order valence-corrected chi connectivity index (χ3v) is 14.6. The van der Waals surface area contributed by atoms with Crippen LogP contribution in [-0.2, 0) is 42.0 Å². The van der Waals surface area contributed by atoms with Gasteiger partial charge >= 0.3 is 6.09 Å². The van der Waals surface area contributed by atoms with Gasteiger partial charge < -0.3 is 29.7 Å². The zero-order valence-electron chi connectivity index (χ0n) is 33.9. The second-order valence-corrected chi connectivity index (χ2v) is 20.4. The van der Waals surface area contributed by atoms with E-state index in [9.17, 15) is 27.6 Å². The molecule has 0 spiro atoms. The number of rotatable bonds is 8. The van der Waals surface area contributed by atoms with E-state index >= 15 is 0 Å². The number of carbonyl (C=O) groups is 4.